The molecule has 0 amide bonds. The van der Waals surface area contributed by atoms with Gasteiger partial charge in [0.15, 0.2) is 0 Å². The molecular formula is C12H23N3O2S2. The summed E-state index contributed by atoms with van der Waals surface area (Å²) >= 11 is 5.13. The maximum Gasteiger partial charge on any atom is 0.280 e. The van der Waals surface area contributed by atoms with Gasteiger partial charge in [0.2, 0.25) is 0 Å². The van der Waals surface area contributed by atoms with Crippen LogP contribution in [0.15, 0.2) is 0 Å². The average Bonchev–Trinajstić information content (AvgIpc) is 2.40. The zero-order chi connectivity index (χ0) is 13.9. The number of rotatable bonds is 4. The minimum Gasteiger partial charge on any atom is -0.392 e. The number of thiocarbonyl (C=S) groups is 1. The summed E-state index contributed by atoms with van der Waals surface area (Å²) < 4.78 is 29.3. The van der Waals surface area contributed by atoms with E-state index in [0.29, 0.717) is 13.1 Å². The van der Waals surface area contributed by atoms with Crippen molar-refractivity contribution in [3.63, 3.8) is 0 Å². The SMILES string of the molecule is NC(=S)C1(NS(=O)(=O)N2CCCCC2)CCCCC1. The Hall–Kier alpha value is -0.240. The van der Waals surface area contributed by atoms with E-state index in [4.69, 9.17) is 18.0 Å². The van der Waals surface area contributed by atoms with Crippen LogP contribution < -0.4 is 10.5 Å². The highest BCUT2D eigenvalue weighted by Gasteiger charge is 2.40. The first-order chi connectivity index (χ1) is 8.96. The van der Waals surface area contributed by atoms with Crippen molar-refractivity contribution in [2.45, 2.75) is 56.9 Å². The number of nitrogens with zero attached hydrogens (tertiary/aromatic N) is 1. The van der Waals surface area contributed by atoms with Crippen molar-refractivity contribution in [2.24, 2.45) is 5.73 Å². The molecule has 5 nitrogen and oxygen atoms in total. The summed E-state index contributed by atoms with van der Waals surface area (Å²) in [6.45, 7) is 1.20. The summed E-state index contributed by atoms with van der Waals surface area (Å²) in [5.74, 6) is 0. The summed E-state index contributed by atoms with van der Waals surface area (Å²) in [6.07, 6.45) is 7.47. The molecule has 2 fully saturated rings. The van der Waals surface area contributed by atoms with Gasteiger partial charge in [0, 0.05) is 13.1 Å². The van der Waals surface area contributed by atoms with Gasteiger partial charge in [-0.1, -0.05) is 37.9 Å². The first-order valence-corrected chi connectivity index (χ1v) is 8.90. The van der Waals surface area contributed by atoms with E-state index >= 15 is 0 Å². The van der Waals surface area contributed by atoms with Gasteiger partial charge in [-0.2, -0.15) is 17.4 Å². The largest absolute Gasteiger partial charge is 0.392 e. The molecule has 1 saturated carbocycles. The smallest absolute Gasteiger partial charge is 0.280 e. The quantitative estimate of drug-likeness (QED) is 0.768. The van der Waals surface area contributed by atoms with Gasteiger partial charge in [0.25, 0.3) is 10.2 Å². The number of hydrogen-bond donors (Lipinski definition) is 2. The van der Waals surface area contributed by atoms with E-state index in [2.05, 4.69) is 4.72 Å². The molecule has 3 N–H and O–H groups in total. The second-order valence-corrected chi connectivity index (χ2v) is 7.68. The Kier molecular flexibility index (Phi) is 4.81. The lowest BCUT2D eigenvalue weighted by Gasteiger charge is -2.39. The molecule has 0 spiro atoms. The van der Waals surface area contributed by atoms with Crippen LogP contribution in [-0.4, -0.2) is 36.3 Å². The van der Waals surface area contributed by atoms with Crippen LogP contribution in [0, 0.1) is 0 Å². The van der Waals surface area contributed by atoms with Gasteiger partial charge in [-0.25, -0.2) is 0 Å². The molecule has 19 heavy (non-hydrogen) atoms. The molecule has 0 aromatic heterocycles. The van der Waals surface area contributed by atoms with E-state index < -0.39 is 15.7 Å². The minimum absolute atomic E-state index is 0.285. The number of nitrogens with two attached hydrogens (primary N) is 1. The molecule has 0 radical (unpaired) electrons. The molecule has 0 aromatic rings. The highest BCUT2D eigenvalue weighted by atomic mass is 32.2. The molecule has 110 valence electrons. The molecule has 0 unspecified atom stereocenters. The van der Waals surface area contributed by atoms with Crippen molar-refractivity contribution in [3.8, 4) is 0 Å². The molecule has 1 saturated heterocycles. The Morgan fingerprint density at radius 1 is 1.05 bits per heavy atom. The predicted octanol–water partition coefficient (Wildman–Crippen LogP) is 1.30. The fourth-order valence-corrected chi connectivity index (χ4v) is 4.97. The van der Waals surface area contributed by atoms with Crippen molar-refractivity contribution in [1.82, 2.24) is 9.03 Å². The van der Waals surface area contributed by atoms with E-state index in [1.807, 2.05) is 0 Å². The second-order valence-electron chi connectivity index (χ2n) is 5.57. The van der Waals surface area contributed by atoms with Crippen molar-refractivity contribution in [3.05, 3.63) is 0 Å². The lowest BCUT2D eigenvalue weighted by atomic mass is 9.82. The van der Waals surface area contributed by atoms with Crippen LogP contribution in [-0.2, 0) is 10.2 Å². The molecule has 2 aliphatic rings. The van der Waals surface area contributed by atoms with E-state index in [0.717, 1.165) is 51.4 Å². The summed E-state index contributed by atoms with van der Waals surface area (Å²) in [4.78, 5) is 0.285. The maximum atomic E-state index is 12.5. The summed E-state index contributed by atoms with van der Waals surface area (Å²) in [7, 11) is -3.47. The molecular weight excluding hydrogens is 282 g/mol. The lowest BCUT2D eigenvalue weighted by molar-refractivity contribution is 0.312. The van der Waals surface area contributed by atoms with Crippen molar-refractivity contribution < 1.29 is 8.42 Å². The average molecular weight is 305 g/mol. The third-order valence-electron chi connectivity index (χ3n) is 4.16. The first-order valence-electron chi connectivity index (χ1n) is 7.05. The van der Waals surface area contributed by atoms with Crippen molar-refractivity contribution in [1.29, 1.82) is 0 Å². The molecule has 7 heteroatoms. The monoisotopic (exact) mass is 305 g/mol. The zero-order valence-electron chi connectivity index (χ0n) is 11.2. The molecule has 1 aliphatic heterocycles. The fourth-order valence-electron chi connectivity index (χ4n) is 2.97. The van der Waals surface area contributed by atoms with Crippen LogP contribution in [0.4, 0.5) is 0 Å². The Labute approximate surface area is 121 Å². The highest BCUT2D eigenvalue weighted by Crippen LogP contribution is 2.30. The molecule has 0 aromatic carbocycles. The second kappa shape index (κ2) is 6.03. The Morgan fingerprint density at radius 2 is 1.58 bits per heavy atom. The van der Waals surface area contributed by atoms with Crippen molar-refractivity contribution in [2.75, 3.05) is 13.1 Å². The summed E-state index contributed by atoms with van der Waals surface area (Å²) in [5, 5.41) is 0. The van der Waals surface area contributed by atoms with E-state index in [1.54, 1.807) is 0 Å². The van der Waals surface area contributed by atoms with Crippen molar-refractivity contribution >= 4 is 27.4 Å². The minimum atomic E-state index is -3.47. The van der Waals surface area contributed by atoms with Crippen LogP contribution in [0.1, 0.15) is 51.4 Å². The van der Waals surface area contributed by atoms with Crippen LogP contribution >= 0.6 is 12.2 Å². The third-order valence-corrected chi connectivity index (χ3v) is 6.24. The van der Waals surface area contributed by atoms with Crippen LogP contribution in [0.25, 0.3) is 0 Å². The predicted molar refractivity (Wildman–Crippen MR) is 80.1 cm³/mol. The standard InChI is InChI=1S/C12H23N3O2S2/c13-11(18)12(7-3-1-4-8-12)14-19(16,17)15-9-5-2-6-10-15/h14H,1-10H2,(H2,13,18). The van der Waals surface area contributed by atoms with E-state index in [9.17, 15) is 8.42 Å². The topological polar surface area (TPSA) is 75.4 Å². The van der Waals surface area contributed by atoms with Gasteiger partial charge in [-0.05, 0) is 25.7 Å². The highest BCUT2D eigenvalue weighted by molar-refractivity contribution is 7.87. The van der Waals surface area contributed by atoms with Gasteiger partial charge in [0.05, 0.1) is 10.5 Å². The number of nitrogens with one attached hydrogen (secondary N) is 1. The molecule has 2 rings (SSSR count). The Bertz CT molecular complexity index is 424. The number of piperidine rings is 1. The Balaban J connectivity index is 2.13. The lowest BCUT2D eigenvalue weighted by Crippen LogP contribution is -2.60. The van der Waals surface area contributed by atoms with Crippen LogP contribution in [0.2, 0.25) is 0 Å². The van der Waals surface area contributed by atoms with E-state index in [-0.39, 0.29) is 4.99 Å². The van der Waals surface area contributed by atoms with Gasteiger partial charge < -0.3 is 5.73 Å². The van der Waals surface area contributed by atoms with Gasteiger partial charge in [-0.3, -0.25) is 0 Å². The third kappa shape index (κ3) is 3.45. The van der Waals surface area contributed by atoms with Gasteiger partial charge >= 0.3 is 0 Å². The molecule has 0 bridgehead atoms. The zero-order valence-corrected chi connectivity index (χ0v) is 12.9. The van der Waals surface area contributed by atoms with Gasteiger partial charge in [-0.15, -0.1) is 0 Å². The van der Waals surface area contributed by atoms with E-state index in [1.165, 1.54) is 4.31 Å². The molecule has 1 aliphatic carbocycles. The Morgan fingerprint density at radius 3 is 2.11 bits per heavy atom. The maximum absolute atomic E-state index is 12.5. The molecule has 1 heterocycles. The van der Waals surface area contributed by atoms with Gasteiger partial charge in [0.1, 0.15) is 0 Å². The van der Waals surface area contributed by atoms with Crippen LogP contribution in [0.3, 0.4) is 0 Å². The number of hydrogen-bond acceptors (Lipinski definition) is 3. The summed E-state index contributed by atoms with van der Waals surface area (Å²) in [5.41, 5.74) is 5.12. The fraction of sp³-hybridized carbons (Fsp3) is 0.917. The first kappa shape index (κ1) is 15.2. The summed E-state index contributed by atoms with van der Waals surface area (Å²) in [6, 6.07) is 0. The normalized spacial score (nSPS) is 25.1. The molecule has 0 atom stereocenters. The van der Waals surface area contributed by atoms with Crippen LogP contribution in [0.5, 0.6) is 0 Å².